The molecule has 0 aromatic heterocycles. The topological polar surface area (TPSA) is 35.2 Å². The second-order valence-electron chi connectivity index (χ2n) is 4.23. The third kappa shape index (κ3) is 2.90. The molecule has 2 nitrogen and oxygen atoms in total. The second-order valence-corrected chi connectivity index (χ2v) is 4.23. The molecule has 0 aliphatic heterocycles. The quantitative estimate of drug-likeness (QED) is 0.868. The summed E-state index contributed by atoms with van der Waals surface area (Å²) >= 11 is 0. The summed E-state index contributed by atoms with van der Waals surface area (Å²) in [7, 11) is 0. The third-order valence-corrected chi connectivity index (χ3v) is 2.88. The van der Waals surface area contributed by atoms with Crippen molar-refractivity contribution in [3.05, 3.63) is 54.1 Å². The third-order valence-electron chi connectivity index (χ3n) is 2.88. The van der Waals surface area contributed by atoms with Gasteiger partial charge in [-0.2, -0.15) is 0 Å². The first kappa shape index (κ1) is 12.7. The van der Waals surface area contributed by atoms with Gasteiger partial charge in [-0.25, -0.2) is 0 Å². The lowest BCUT2D eigenvalue weighted by Crippen LogP contribution is -1.98. The van der Waals surface area contributed by atoms with Crippen LogP contribution >= 0.6 is 0 Å². The molecule has 2 aromatic rings. The largest absolute Gasteiger partial charge is 0.494 e. The van der Waals surface area contributed by atoms with E-state index in [4.69, 9.17) is 10.5 Å². The van der Waals surface area contributed by atoms with Gasteiger partial charge in [0.15, 0.2) is 0 Å². The minimum atomic E-state index is 0.560. The van der Waals surface area contributed by atoms with Crippen LogP contribution < -0.4 is 10.5 Å². The number of hydrogen-bond acceptors (Lipinski definition) is 2. The second kappa shape index (κ2) is 6.22. The SMILES string of the molecule is CCCOc1ccc(-c2ccccc2CN)cc1. The van der Waals surface area contributed by atoms with Crippen molar-refractivity contribution in [2.75, 3.05) is 6.61 Å². The zero-order valence-corrected chi connectivity index (χ0v) is 10.7. The van der Waals surface area contributed by atoms with Gasteiger partial charge in [0.05, 0.1) is 6.61 Å². The van der Waals surface area contributed by atoms with Crippen molar-refractivity contribution in [3.63, 3.8) is 0 Å². The molecule has 0 spiro atoms. The van der Waals surface area contributed by atoms with Gasteiger partial charge < -0.3 is 10.5 Å². The molecule has 2 N–H and O–H groups in total. The highest BCUT2D eigenvalue weighted by Gasteiger charge is 2.03. The molecule has 2 heteroatoms. The van der Waals surface area contributed by atoms with Gasteiger partial charge in [0.2, 0.25) is 0 Å². The molecule has 0 aliphatic rings. The van der Waals surface area contributed by atoms with E-state index < -0.39 is 0 Å². The van der Waals surface area contributed by atoms with Gasteiger partial charge >= 0.3 is 0 Å². The fourth-order valence-corrected chi connectivity index (χ4v) is 1.93. The maximum absolute atomic E-state index is 5.76. The van der Waals surface area contributed by atoms with Crippen molar-refractivity contribution in [2.45, 2.75) is 19.9 Å². The van der Waals surface area contributed by atoms with Crippen LogP contribution in [0.1, 0.15) is 18.9 Å². The molecular weight excluding hydrogens is 222 g/mol. The Bertz CT molecular complexity index is 491. The molecule has 0 fully saturated rings. The van der Waals surface area contributed by atoms with Gasteiger partial charge in [-0.3, -0.25) is 0 Å². The van der Waals surface area contributed by atoms with Crippen LogP contribution in [0.3, 0.4) is 0 Å². The molecule has 18 heavy (non-hydrogen) atoms. The van der Waals surface area contributed by atoms with Crippen molar-refractivity contribution < 1.29 is 4.74 Å². The van der Waals surface area contributed by atoms with Crippen molar-refractivity contribution >= 4 is 0 Å². The Kier molecular flexibility index (Phi) is 4.37. The van der Waals surface area contributed by atoms with Crippen molar-refractivity contribution in [1.29, 1.82) is 0 Å². The summed E-state index contributed by atoms with van der Waals surface area (Å²) in [5.74, 6) is 0.922. The average molecular weight is 241 g/mol. The van der Waals surface area contributed by atoms with Crippen molar-refractivity contribution in [3.8, 4) is 16.9 Å². The number of benzene rings is 2. The molecule has 2 rings (SSSR count). The minimum absolute atomic E-state index is 0.560. The number of hydrogen-bond donors (Lipinski definition) is 1. The van der Waals surface area contributed by atoms with Crippen LogP contribution in [0.25, 0.3) is 11.1 Å². The zero-order chi connectivity index (χ0) is 12.8. The molecule has 0 atom stereocenters. The molecule has 94 valence electrons. The van der Waals surface area contributed by atoms with E-state index in [9.17, 15) is 0 Å². The maximum Gasteiger partial charge on any atom is 0.119 e. The van der Waals surface area contributed by atoms with Crippen LogP contribution in [-0.4, -0.2) is 6.61 Å². The summed E-state index contributed by atoms with van der Waals surface area (Å²) in [6.07, 6.45) is 1.03. The standard InChI is InChI=1S/C16H19NO/c1-2-11-18-15-9-7-13(8-10-15)16-6-4-3-5-14(16)12-17/h3-10H,2,11-12,17H2,1H3. The first-order valence-electron chi connectivity index (χ1n) is 6.36. The number of ether oxygens (including phenoxy) is 1. The van der Waals surface area contributed by atoms with E-state index in [0.29, 0.717) is 6.54 Å². The van der Waals surface area contributed by atoms with E-state index in [-0.39, 0.29) is 0 Å². The highest BCUT2D eigenvalue weighted by molar-refractivity contribution is 5.67. The molecule has 0 aliphatic carbocycles. The van der Waals surface area contributed by atoms with Gasteiger partial charge in [0, 0.05) is 6.54 Å². The summed E-state index contributed by atoms with van der Waals surface area (Å²) in [5.41, 5.74) is 9.30. The van der Waals surface area contributed by atoms with Crippen molar-refractivity contribution in [1.82, 2.24) is 0 Å². The van der Waals surface area contributed by atoms with Gasteiger partial charge in [-0.1, -0.05) is 43.3 Å². The summed E-state index contributed by atoms with van der Waals surface area (Å²) in [4.78, 5) is 0. The fourth-order valence-electron chi connectivity index (χ4n) is 1.93. The molecule has 0 heterocycles. The number of rotatable bonds is 5. The van der Waals surface area contributed by atoms with E-state index in [1.807, 2.05) is 24.3 Å². The van der Waals surface area contributed by atoms with E-state index >= 15 is 0 Å². The predicted molar refractivity (Wildman–Crippen MR) is 75.6 cm³/mol. The predicted octanol–water partition coefficient (Wildman–Crippen LogP) is 3.60. The fraction of sp³-hybridized carbons (Fsp3) is 0.250. The maximum atomic E-state index is 5.76. The highest BCUT2D eigenvalue weighted by atomic mass is 16.5. The molecular formula is C16H19NO. The molecule has 0 bridgehead atoms. The summed E-state index contributed by atoms with van der Waals surface area (Å²) in [6, 6.07) is 16.4. The lowest BCUT2D eigenvalue weighted by atomic mass is 10.00. The first-order chi connectivity index (χ1) is 8.85. The first-order valence-corrected chi connectivity index (χ1v) is 6.36. The normalized spacial score (nSPS) is 10.3. The van der Waals surface area contributed by atoms with Crippen molar-refractivity contribution in [2.24, 2.45) is 5.73 Å². The average Bonchev–Trinajstić information content (AvgIpc) is 2.45. The van der Waals surface area contributed by atoms with E-state index in [1.54, 1.807) is 0 Å². The number of nitrogens with two attached hydrogens (primary N) is 1. The molecule has 2 aromatic carbocycles. The van der Waals surface area contributed by atoms with Gasteiger partial charge in [0.1, 0.15) is 5.75 Å². The Hall–Kier alpha value is -1.80. The Balaban J connectivity index is 2.23. The van der Waals surface area contributed by atoms with Crippen LogP contribution in [0.5, 0.6) is 5.75 Å². The Labute approximate surface area is 108 Å². The smallest absolute Gasteiger partial charge is 0.119 e. The Morgan fingerprint density at radius 3 is 2.39 bits per heavy atom. The van der Waals surface area contributed by atoms with Crippen LogP contribution in [-0.2, 0) is 6.54 Å². The van der Waals surface area contributed by atoms with Crippen LogP contribution in [0.15, 0.2) is 48.5 Å². The minimum Gasteiger partial charge on any atom is -0.494 e. The van der Waals surface area contributed by atoms with Gasteiger partial charge in [-0.05, 0) is 35.2 Å². The lowest BCUT2D eigenvalue weighted by molar-refractivity contribution is 0.317. The molecule has 0 saturated heterocycles. The Morgan fingerprint density at radius 1 is 1.00 bits per heavy atom. The van der Waals surface area contributed by atoms with E-state index in [0.717, 1.165) is 18.8 Å². The van der Waals surface area contributed by atoms with Gasteiger partial charge in [0.25, 0.3) is 0 Å². The van der Waals surface area contributed by atoms with E-state index in [1.165, 1.54) is 16.7 Å². The summed E-state index contributed by atoms with van der Waals surface area (Å²) in [6.45, 7) is 3.43. The van der Waals surface area contributed by atoms with E-state index in [2.05, 4.69) is 31.2 Å². The zero-order valence-electron chi connectivity index (χ0n) is 10.7. The molecule has 0 saturated carbocycles. The molecule has 0 radical (unpaired) electrons. The lowest BCUT2D eigenvalue weighted by Gasteiger charge is -2.09. The van der Waals surface area contributed by atoms with Gasteiger partial charge in [-0.15, -0.1) is 0 Å². The van der Waals surface area contributed by atoms with Crippen LogP contribution in [0.2, 0.25) is 0 Å². The highest BCUT2D eigenvalue weighted by Crippen LogP contribution is 2.25. The Morgan fingerprint density at radius 2 is 1.72 bits per heavy atom. The van der Waals surface area contributed by atoms with Crippen LogP contribution in [0.4, 0.5) is 0 Å². The summed E-state index contributed by atoms with van der Waals surface area (Å²) < 4.78 is 5.58. The molecule has 0 amide bonds. The monoisotopic (exact) mass is 241 g/mol. The summed E-state index contributed by atoms with van der Waals surface area (Å²) in [5, 5.41) is 0. The van der Waals surface area contributed by atoms with Crippen LogP contribution in [0, 0.1) is 0 Å². The molecule has 0 unspecified atom stereocenters.